The van der Waals surface area contributed by atoms with Crippen molar-refractivity contribution in [3.05, 3.63) is 89.6 Å². The Labute approximate surface area is 205 Å². The van der Waals surface area contributed by atoms with Crippen molar-refractivity contribution in [3.63, 3.8) is 0 Å². The van der Waals surface area contributed by atoms with Crippen molar-refractivity contribution in [3.8, 4) is 0 Å². The smallest absolute Gasteiger partial charge is 0.352 e. The number of hydrogen-bond acceptors (Lipinski definition) is 5. The number of amides is 3. The summed E-state index contributed by atoms with van der Waals surface area (Å²) in [7, 11) is 0. The number of rotatable bonds is 5. The van der Waals surface area contributed by atoms with Crippen molar-refractivity contribution in [1.82, 2.24) is 20.4 Å². The van der Waals surface area contributed by atoms with E-state index in [-0.39, 0.29) is 24.5 Å². The fourth-order valence-electron chi connectivity index (χ4n) is 3.72. The lowest BCUT2D eigenvalue weighted by molar-refractivity contribution is -0.138. The van der Waals surface area contributed by atoms with Gasteiger partial charge in [-0.2, -0.15) is 13.2 Å². The zero-order valence-corrected chi connectivity index (χ0v) is 19.1. The maximum Gasteiger partial charge on any atom is 0.417 e. The van der Waals surface area contributed by atoms with Crippen LogP contribution in [0, 0.1) is 0 Å². The van der Waals surface area contributed by atoms with Gasteiger partial charge in [0.2, 0.25) is 0 Å². The van der Waals surface area contributed by atoms with Crippen LogP contribution in [-0.4, -0.2) is 53.2 Å². The molecular weight excluding hydrogens is 473 g/mol. The Kier molecular flexibility index (Phi) is 7.47. The SMILES string of the molecule is O=C(NC=Cc1ccccc1)Nc1ccc(N2CCN(C(=O)c3ccccc3C(F)(F)F)CC2)nn1. The van der Waals surface area contributed by atoms with Crippen LogP contribution in [0.1, 0.15) is 21.5 Å². The topological polar surface area (TPSA) is 90.5 Å². The molecule has 8 nitrogen and oxygen atoms in total. The molecule has 1 aromatic heterocycles. The highest BCUT2D eigenvalue weighted by molar-refractivity contribution is 5.96. The van der Waals surface area contributed by atoms with Gasteiger partial charge >= 0.3 is 12.2 Å². The molecular formula is C25H23F3N6O2. The van der Waals surface area contributed by atoms with Crippen LogP contribution < -0.4 is 15.5 Å². The molecule has 1 aliphatic heterocycles. The zero-order chi connectivity index (χ0) is 25.5. The third kappa shape index (κ3) is 6.17. The number of benzene rings is 2. The zero-order valence-electron chi connectivity index (χ0n) is 19.1. The van der Waals surface area contributed by atoms with E-state index in [0.717, 1.165) is 11.6 Å². The molecule has 36 heavy (non-hydrogen) atoms. The second-order valence-corrected chi connectivity index (χ2v) is 7.94. The van der Waals surface area contributed by atoms with E-state index in [2.05, 4.69) is 20.8 Å². The van der Waals surface area contributed by atoms with Gasteiger partial charge in [0.15, 0.2) is 11.6 Å². The van der Waals surface area contributed by atoms with Crippen LogP contribution in [0.4, 0.5) is 29.6 Å². The van der Waals surface area contributed by atoms with Crippen LogP contribution in [0.3, 0.4) is 0 Å². The number of halogens is 3. The van der Waals surface area contributed by atoms with Crippen molar-refractivity contribution in [1.29, 1.82) is 0 Å². The standard InChI is InChI=1S/C25H23F3N6O2/c26-25(27,28)20-9-5-4-8-19(20)23(35)34-16-14-33(15-17-34)22-11-10-21(31-32-22)30-24(36)29-13-12-18-6-2-1-3-7-18/h1-13H,14-17H2,(H2,29,30,31,36). The maximum atomic E-state index is 13.3. The van der Waals surface area contributed by atoms with Crippen molar-refractivity contribution in [2.45, 2.75) is 6.18 Å². The first-order chi connectivity index (χ1) is 17.3. The average Bonchev–Trinajstić information content (AvgIpc) is 2.89. The van der Waals surface area contributed by atoms with Crippen LogP contribution in [0.2, 0.25) is 0 Å². The molecule has 0 atom stereocenters. The van der Waals surface area contributed by atoms with E-state index in [9.17, 15) is 22.8 Å². The summed E-state index contributed by atoms with van der Waals surface area (Å²) in [4.78, 5) is 28.0. The molecule has 11 heteroatoms. The molecule has 0 radical (unpaired) electrons. The lowest BCUT2D eigenvalue weighted by Gasteiger charge is -2.35. The molecule has 4 rings (SSSR count). The van der Waals surface area contributed by atoms with Crippen LogP contribution in [0.15, 0.2) is 72.9 Å². The minimum Gasteiger partial charge on any atom is -0.352 e. The molecule has 2 aromatic carbocycles. The number of carbonyl (C=O) groups excluding carboxylic acids is 2. The fraction of sp³-hybridized carbons (Fsp3) is 0.200. The number of anilines is 2. The predicted octanol–water partition coefficient (Wildman–Crippen LogP) is 4.25. The highest BCUT2D eigenvalue weighted by Gasteiger charge is 2.36. The number of nitrogens with zero attached hydrogens (tertiary/aromatic N) is 4. The summed E-state index contributed by atoms with van der Waals surface area (Å²) in [5.74, 6) is 0.134. The molecule has 1 fully saturated rings. The van der Waals surface area contributed by atoms with Gasteiger partial charge in [0.25, 0.3) is 5.91 Å². The van der Waals surface area contributed by atoms with Gasteiger partial charge in [0.1, 0.15) is 0 Å². The van der Waals surface area contributed by atoms with E-state index in [1.807, 2.05) is 35.2 Å². The van der Waals surface area contributed by atoms with Crippen LogP contribution in [-0.2, 0) is 6.18 Å². The number of urea groups is 1. The second-order valence-electron chi connectivity index (χ2n) is 7.94. The van der Waals surface area contributed by atoms with Gasteiger partial charge in [-0.3, -0.25) is 10.1 Å². The Hall–Kier alpha value is -4.41. The first-order valence-corrected chi connectivity index (χ1v) is 11.1. The Morgan fingerprint density at radius 1 is 0.861 bits per heavy atom. The molecule has 1 saturated heterocycles. The Morgan fingerprint density at radius 2 is 1.56 bits per heavy atom. The van der Waals surface area contributed by atoms with E-state index >= 15 is 0 Å². The number of aromatic nitrogens is 2. The quantitative estimate of drug-likeness (QED) is 0.551. The van der Waals surface area contributed by atoms with Crippen LogP contribution in [0.5, 0.6) is 0 Å². The number of nitrogens with one attached hydrogen (secondary N) is 2. The van der Waals surface area contributed by atoms with Gasteiger partial charge in [0.05, 0.1) is 11.1 Å². The molecule has 2 heterocycles. The first-order valence-electron chi connectivity index (χ1n) is 11.1. The minimum absolute atomic E-state index is 0.239. The van der Waals surface area contributed by atoms with Crippen molar-refractivity contribution < 1.29 is 22.8 Å². The van der Waals surface area contributed by atoms with Crippen molar-refractivity contribution in [2.24, 2.45) is 0 Å². The Morgan fingerprint density at radius 3 is 2.22 bits per heavy atom. The van der Waals surface area contributed by atoms with E-state index in [1.165, 1.54) is 29.3 Å². The predicted molar refractivity (Wildman–Crippen MR) is 129 cm³/mol. The summed E-state index contributed by atoms with van der Waals surface area (Å²) in [6, 6.07) is 17.1. The van der Waals surface area contributed by atoms with E-state index in [4.69, 9.17) is 0 Å². The molecule has 0 aliphatic carbocycles. The fourth-order valence-corrected chi connectivity index (χ4v) is 3.72. The number of piperazine rings is 1. The molecule has 2 N–H and O–H groups in total. The second kappa shape index (κ2) is 10.9. The lowest BCUT2D eigenvalue weighted by Crippen LogP contribution is -2.49. The molecule has 0 spiro atoms. The molecule has 0 saturated carbocycles. The molecule has 0 bridgehead atoms. The molecule has 3 aromatic rings. The van der Waals surface area contributed by atoms with Crippen LogP contribution in [0.25, 0.3) is 6.08 Å². The molecule has 1 aliphatic rings. The highest BCUT2D eigenvalue weighted by Crippen LogP contribution is 2.32. The van der Waals surface area contributed by atoms with E-state index in [1.54, 1.807) is 18.2 Å². The first kappa shape index (κ1) is 24.7. The van der Waals surface area contributed by atoms with Gasteiger partial charge in [0, 0.05) is 32.4 Å². The third-order valence-electron chi connectivity index (χ3n) is 5.54. The van der Waals surface area contributed by atoms with Crippen molar-refractivity contribution >= 4 is 29.7 Å². The maximum absolute atomic E-state index is 13.3. The molecule has 186 valence electrons. The minimum atomic E-state index is -4.60. The summed E-state index contributed by atoms with van der Waals surface area (Å²) in [5, 5.41) is 13.3. The Bertz CT molecular complexity index is 1220. The van der Waals surface area contributed by atoms with Crippen molar-refractivity contribution in [2.75, 3.05) is 36.4 Å². The van der Waals surface area contributed by atoms with Gasteiger partial charge in [-0.25, -0.2) is 4.79 Å². The summed E-state index contributed by atoms with van der Waals surface area (Å²) < 4.78 is 39.8. The van der Waals surface area contributed by atoms with Crippen LogP contribution >= 0.6 is 0 Å². The average molecular weight is 496 g/mol. The van der Waals surface area contributed by atoms with Gasteiger partial charge in [-0.1, -0.05) is 42.5 Å². The van der Waals surface area contributed by atoms with E-state index in [0.29, 0.717) is 18.9 Å². The largest absolute Gasteiger partial charge is 0.417 e. The number of hydrogen-bond donors (Lipinski definition) is 2. The normalized spacial score (nSPS) is 14.1. The van der Waals surface area contributed by atoms with Gasteiger partial charge < -0.3 is 15.1 Å². The van der Waals surface area contributed by atoms with E-state index < -0.39 is 23.7 Å². The third-order valence-corrected chi connectivity index (χ3v) is 5.54. The molecule has 3 amide bonds. The summed E-state index contributed by atoms with van der Waals surface area (Å²) in [5.41, 5.74) is -0.357. The van der Waals surface area contributed by atoms with Gasteiger partial charge in [-0.15, -0.1) is 10.2 Å². The monoisotopic (exact) mass is 496 g/mol. The van der Waals surface area contributed by atoms with Gasteiger partial charge in [-0.05, 0) is 35.9 Å². The number of alkyl halides is 3. The Balaban J connectivity index is 1.29. The molecule has 0 unspecified atom stereocenters. The summed E-state index contributed by atoms with van der Waals surface area (Å²) in [6.45, 7) is 1.24. The highest BCUT2D eigenvalue weighted by atomic mass is 19.4. The summed E-state index contributed by atoms with van der Waals surface area (Å²) in [6.07, 6.45) is -1.34. The lowest BCUT2D eigenvalue weighted by atomic mass is 10.1. The number of carbonyl (C=O) groups is 2. The summed E-state index contributed by atoms with van der Waals surface area (Å²) >= 11 is 0.